The average Bonchev–Trinajstić information content (AvgIpc) is 3.47. The second-order valence-corrected chi connectivity index (χ2v) is 8.59. The van der Waals surface area contributed by atoms with E-state index >= 15 is 0 Å². The fraction of sp³-hybridized carbons (Fsp3) is 0.269. The number of aromatic hydroxyl groups is 1. The molecule has 8 heteroatoms. The van der Waals surface area contributed by atoms with Crippen molar-refractivity contribution in [2.24, 2.45) is 0 Å². The third kappa shape index (κ3) is 4.07. The van der Waals surface area contributed by atoms with Gasteiger partial charge in [-0.1, -0.05) is 17.3 Å². The molecule has 2 aromatic heterocycles. The minimum absolute atomic E-state index is 0.0511. The van der Waals surface area contributed by atoms with E-state index in [0.29, 0.717) is 17.8 Å². The Kier molecular flexibility index (Phi) is 5.65. The number of aromatic nitrogens is 3. The Labute approximate surface area is 195 Å². The van der Waals surface area contributed by atoms with Crippen LogP contribution in [0.4, 0.5) is 4.39 Å². The van der Waals surface area contributed by atoms with Crippen molar-refractivity contribution in [1.29, 1.82) is 0 Å². The quantitative estimate of drug-likeness (QED) is 0.437. The Morgan fingerprint density at radius 3 is 2.76 bits per heavy atom. The Bertz CT molecular complexity index is 1440. The van der Waals surface area contributed by atoms with Gasteiger partial charge in [0, 0.05) is 17.7 Å². The van der Waals surface area contributed by atoms with Gasteiger partial charge >= 0.3 is 5.76 Å². The monoisotopic (exact) mass is 461 g/mol. The van der Waals surface area contributed by atoms with Gasteiger partial charge in [-0.25, -0.2) is 14.2 Å². The standard InChI is InChI=1S/C26H24FN3O4/c1-14-5-3-8-19(24(14)27)25-21(31)10-9-16(28-25)12-20-15(2)11-22(18-7-4-6-17(18)20)33-13-23-29-26(32)34-30-23/h3,5,8-11,31H,4,6-7,12-13H2,1-2H3,(H,29,30,32). The minimum atomic E-state index is -0.610. The maximum absolute atomic E-state index is 14.7. The van der Waals surface area contributed by atoms with E-state index in [9.17, 15) is 14.3 Å². The fourth-order valence-corrected chi connectivity index (χ4v) is 4.60. The normalized spacial score (nSPS) is 12.7. The molecule has 0 saturated carbocycles. The Hall–Kier alpha value is -3.94. The largest absolute Gasteiger partial charge is 0.506 e. The van der Waals surface area contributed by atoms with Crippen molar-refractivity contribution in [2.45, 2.75) is 46.1 Å². The van der Waals surface area contributed by atoms with Gasteiger partial charge in [0.1, 0.15) is 29.6 Å². The first kappa shape index (κ1) is 21.9. The zero-order valence-electron chi connectivity index (χ0n) is 18.9. The van der Waals surface area contributed by atoms with E-state index in [-0.39, 0.29) is 29.4 Å². The van der Waals surface area contributed by atoms with Crippen LogP contribution < -0.4 is 10.5 Å². The molecule has 0 amide bonds. The van der Waals surface area contributed by atoms with Gasteiger partial charge in [0.2, 0.25) is 0 Å². The lowest BCUT2D eigenvalue weighted by Crippen LogP contribution is -2.06. The van der Waals surface area contributed by atoms with Gasteiger partial charge in [-0.2, -0.15) is 0 Å². The van der Waals surface area contributed by atoms with Gasteiger partial charge < -0.3 is 9.84 Å². The number of halogens is 1. The summed E-state index contributed by atoms with van der Waals surface area (Å²) in [7, 11) is 0. The lowest BCUT2D eigenvalue weighted by atomic mass is 9.93. The molecule has 0 aliphatic heterocycles. The van der Waals surface area contributed by atoms with Crippen LogP contribution in [-0.2, 0) is 25.9 Å². The molecule has 0 atom stereocenters. The molecule has 7 nitrogen and oxygen atoms in total. The molecule has 4 aromatic rings. The summed E-state index contributed by atoms with van der Waals surface area (Å²) in [5, 5.41) is 14.0. The highest BCUT2D eigenvalue weighted by Gasteiger charge is 2.23. The van der Waals surface area contributed by atoms with Crippen LogP contribution >= 0.6 is 0 Å². The first-order chi connectivity index (χ1) is 16.4. The third-order valence-corrected chi connectivity index (χ3v) is 6.29. The maximum atomic E-state index is 14.7. The molecule has 174 valence electrons. The molecular weight excluding hydrogens is 437 g/mol. The number of nitrogens with one attached hydrogen (secondary N) is 1. The molecule has 34 heavy (non-hydrogen) atoms. The highest BCUT2D eigenvalue weighted by atomic mass is 19.1. The van der Waals surface area contributed by atoms with Crippen molar-refractivity contribution >= 4 is 0 Å². The maximum Gasteiger partial charge on any atom is 0.439 e. The van der Waals surface area contributed by atoms with Crippen LogP contribution in [0.15, 0.2) is 45.7 Å². The lowest BCUT2D eigenvalue weighted by Gasteiger charge is -2.17. The van der Waals surface area contributed by atoms with Gasteiger partial charge in [0.05, 0.1) is 0 Å². The van der Waals surface area contributed by atoms with Crippen LogP contribution in [0.1, 0.15) is 45.8 Å². The number of aromatic amines is 1. The van der Waals surface area contributed by atoms with Crippen molar-refractivity contribution in [2.75, 3.05) is 0 Å². The number of benzene rings is 2. The summed E-state index contributed by atoms with van der Waals surface area (Å²) in [6.45, 7) is 3.83. The summed E-state index contributed by atoms with van der Waals surface area (Å²) < 4.78 is 25.2. The molecule has 5 rings (SSSR count). The number of nitrogens with zero attached hydrogens (tertiary/aromatic N) is 2. The van der Waals surface area contributed by atoms with Gasteiger partial charge in [-0.15, -0.1) is 0 Å². The molecule has 0 unspecified atom stereocenters. The van der Waals surface area contributed by atoms with Crippen LogP contribution in [0, 0.1) is 19.7 Å². The van der Waals surface area contributed by atoms with E-state index in [1.165, 1.54) is 11.1 Å². The first-order valence-electron chi connectivity index (χ1n) is 11.2. The average molecular weight is 461 g/mol. The Balaban J connectivity index is 1.47. The molecule has 1 aliphatic carbocycles. The van der Waals surface area contributed by atoms with Gasteiger partial charge in [-0.05, 0) is 85.2 Å². The molecule has 0 spiro atoms. The molecular formula is C26H24FN3O4. The van der Waals surface area contributed by atoms with E-state index in [2.05, 4.69) is 19.6 Å². The zero-order chi connectivity index (χ0) is 23.8. The van der Waals surface area contributed by atoms with E-state index in [4.69, 9.17) is 4.74 Å². The fourth-order valence-electron chi connectivity index (χ4n) is 4.60. The van der Waals surface area contributed by atoms with E-state index in [1.807, 2.05) is 13.0 Å². The number of aryl methyl sites for hydroxylation is 2. The van der Waals surface area contributed by atoms with Crippen molar-refractivity contribution < 1.29 is 18.8 Å². The van der Waals surface area contributed by atoms with Gasteiger partial charge in [0.25, 0.3) is 0 Å². The van der Waals surface area contributed by atoms with E-state index in [1.54, 1.807) is 37.3 Å². The zero-order valence-corrected chi connectivity index (χ0v) is 18.9. The molecule has 0 radical (unpaired) electrons. The van der Waals surface area contributed by atoms with E-state index < -0.39 is 5.76 Å². The smallest absolute Gasteiger partial charge is 0.439 e. The van der Waals surface area contributed by atoms with Crippen molar-refractivity contribution in [3.8, 4) is 22.8 Å². The SMILES string of the molecule is Cc1cccc(-c2nc(Cc3c(C)cc(OCc4noc(=O)[nH]4)c4c3CCC4)ccc2O)c1F. The second kappa shape index (κ2) is 8.78. The molecule has 0 saturated heterocycles. The summed E-state index contributed by atoms with van der Waals surface area (Å²) in [5.74, 6) is 0.0717. The summed E-state index contributed by atoms with van der Waals surface area (Å²) >= 11 is 0. The van der Waals surface area contributed by atoms with Crippen LogP contribution in [-0.4, -0.2) is 20.2 Å². The van der Waals surface area contributed by atoms with Crippen LogP contribution in [0.5, 0.6) is 11.5 Å². The van der Waals surface area contributed by atoms with Crippen molar-refractivity contribution in [1.82, 2.24) is 15.1 Å². The van der Waals surface area contributed by atoms with Gasteiger partial charge in [-0.3, -0.25) is 9.51 Å². The number of hydrogen-bond donors (Lipinski definition) is 2. The van der Waals surface area contributed by atoms with Crippen LogP contribution in [0.25, 0.3) is 11.3 Å². The molecule has 0 bridgehead atoms. The number of H-pyrrole nitrogens is 1. The molecule has 1 aliphatic rings. The van der Waals surface area contributed by atoms with E-state index in [0.717, 1.165) is 41.8 Å². The van der Waals surface area contributed by atoms with Crippen molar-refractivity contribution in [3.63, 3.8) is 0 Å². The summed E-state index contributed by atoms with van der Waals surface area (Å²) in [6, 6.07) is 10.4. The van der Waals surface area contributed by atoms with Crippen LogP contribution in [0.2, 0.25) is 0 Å². The molecule has 0 fully saturated rings. The lowest BCUT2D eigenvalue weighted by molar-refractivity contribution is 0.282. The summed E-state index contributed by atoms with van der Waals surface area (Å²) in [4.78, 5) is 18.3. The molecule has 2 N–H and O–H groups in total. The van der Waals surface area contributed by atoms with Gasteiger partial charge in [0.15, 0.2) is 5.82 Å². The highest BCUT2D eigenvalue weighted by Crippen LogP contribution is 2.37. The predicted octanol–water partition coefficient (Wildman–Crippen LogP) is 4.54. The third-order valence-electron chi connectivity index (χ3n) is 6.29. The summed E-state index contributed by atoms with van der Waals surface area (Å²) in [5.41, 5.74) is 6.40. The Morgan fingerprint density at radius 1 is 1.15 bits per heavy atom. The van der Waals surface area contributed by atoms with Crippen LogP contribution in [0.3, 0.4) is 0 Å². The summed E-state index contributed by atoms with van der Waals surface area (Å²) in [6.07, 6.45) is 3.41. The highest BCUT2D eigenvalue weighted by molar-refractivity contribution is 5.67. The number of ether oxygens (including phenoxy) is 1. The minimum Gasteiger partial charge on any atom is -0.506 e. The number of rotatable bonds is 6. The first-order valence-corrected chi connectivity index (χ1v) is 11.2. The molecule has 2 aromatic carbocycles. The Morgan fingerprint density at radius 2 is 1.97 bits per heavy atom. The predicted molar refractivity (Wildman–Crippen MR) is 123 cm³/mol. The second-order valence-electron chi connectivity index (χ2n) is 8.59. The number of hydrogen-bond acceptors (Lipinski definition) is 6. The number of fused-ring (bicyclic) bond motifs is 1. The number of pyridine rings is 1. The topological polar surface area (TPSA) is 101 Å². The molecule has 2 heterocycles. The van der Waals surface area contributed by atoms with Crippen molar-refractivity contribution in [3.05, 3.63) is 92.1 Å².